The number of amides is 2. The number of carbonyl (C=O) groups excluding carboxylic acids is 2. The van der Waals surface area contributed by atoms with E-state index < -0.39 is 6.04 Å². The van der Waals surface area contributed by atoms with Crippen molar-refractivity contribution in [3.05, 3.63) is 100 Å². The lowest BCUT2D eigenvalue weighted by molar-refractivity contribution is -0.143. The van der Waals surface area contributed by atoms with Gasteiger partial charge in [-0.1, -0.05) is 79.2 Å². The van der Waals surface area contributed by atoms with Crippen LogP contribution in [0, 0.1) is 13.8 Å². The van der Waals surface area contributed by atoms with Crippen molar-refractivity contribution in [2.24, 2.45) is 0 Å². The Labute approximate surface area is 219 Å². The van der Waals surface area contributed by atoms with Gasteiger partial charge in [0.1, 0.15) is 11.8 Å². The standard InChI is InChI=1S/C30H35ClN2O3/c1-5-22(3)32-30(35)27(18-24-13-7-6-8-14-24)33(19-25-15-9-10-16-26(25)31)29(34)20-36-28-17-11-12-21(2)23(28)4/h6-17,22,27H,5,18-20H2,1-4H3,(H,32,35). The molecule has 0 saturated heterocycles. The van der Waals surface area contributed by atoms with Gasteiger partial charge in [0.2, 0.25) is 5.91 Å². The molecular weight excluding hydrogens is 472 g/mol. The van der Waals surface area contributed by atoms with Crippen LogP contribution in [0.15, 0.2) is 72.8 Å². The quantitative estimate of drug-likeness (QED) is 0.352. The van der Waals surface area contributed by atoms with E-state index in [9.17, 15) is 9.59 Å². The van der Waals surface area contributed by atoms with Crippen LogP contribution in [0.5, 0.6) is 5.75 Å². The van der Waals surface area contributed by atoms with Crippen LogP contribution in [-0.2, 0) is 22.6 Å². The first-order chi connectivity index (χ1) is 17.3. The molecule has 190 valence electrons. The predicted molar refractivity (Wildman–Crippen MR) is 145 cm³/mol. The largest absolute Gasteiger partial charge is 0.483 e. The Balaban J connectivity index is 1.94. The molecule has 0 aromatic heterocycles. The number of hydrogen-bond acceptors (Lipinski definition) is 3. The number of rotatable bonds is 11. The molecule has 1 N–H and O–H groups in total. The second-order valence-electron chi connectivity index (χ2n) is 9.12. The van der Waals surface area contributed by atoms with Crippen LogP contribution in [0.1, 0.15) is 42.5 Å². The average Bonchev–Trinajstić information content (AvgIpc) is 2.88. The number of nitrogens with zero attached hydrogens (tertiary/aromatic N) is 1. The minimum atomic E-state index is -0.729. The zero-order valence-electron chi connectivity index (χ0n) is 21.5. The van der Waals surface area contributed by atoms with Gasteiger partial charge in [-0.25, -0.2) is 0 Å². The summed E-state index contributed by atoms with van der Waals surface area (Å²) >= 11 is 6.47. The monoisotopic (exact) mass is 506 g/mol. The van der Waals surface area contributed by atoms with E-state index in [-0.39, 0.29) is 31.0 Å². The molecule has 2 atom stereocenters. The van der Waals surface area contributed by atoms with E-state index in [1.54, 1.807) is 11.0 Å². The molecule has 6 heteroatoms. The molecule has 2 unspecified atom stereocenters. The van der Waals surface area contributed by atoms with Gasteiger partial charge in [0.15, 0.2) is 6.61 Å². The molecular formula is C30H35ClN2O3. The van der Waals surface area contributed by atoms with Crippen molar-refractivity contribution in [1.82, 2.24) is 10.2 Å². The van der Waals surface area contributed by atoms with Crippen molar-refractivity contribution in [1.29, 1.82) is 0 Å². The van der Waals surface area contributed by atoms with Gasteiger partial charge in [-0.2, -0.15) is 0 Å². The fourth-order valence-corrected chi connectivity index (χ4v) is 4.10. The summed E-state index contributed by atoms with van der Waals surface area (Å²) in [6, 6.07) is 22.1. The summed E-state index contributed by atoms with van der Waals surface area (Å²) < 4.78 is 5.95. The molecule has 3 rings (SSSR count). The molecule has 0 aliphatic heterocycles. The summed E-state index contributed by atoms with van der Waals surface area (Å²) in [6.07, 6.45) is 1.17. The maximum absolute atomic E-state index is 13.7. The van der Waals surface area contributed by atoms with Crippen LogP contribution in [-0.4, -0.2) is 35.4 Å². The van der Waals surface area contributed by atoms with Gasteiger partial charge < -0.3 is 15.0 Å². The second-order valence-corrected chi connectivity index (χ2v) is 9.53. The molecule has 3 aromatic rings. The van der Waals surface area contributed by atoms with Crippen LogP contribution in [0.4, 0.5) is 0 Å². The first-order valence-electron chi connectivity index (χ1n) is 12.4. The molecule has 0 bridgehead atoms. The normalized spacial score (nSPS) is 12.5. The minimum Gasteiger partial charge on any atom is -0.483 e. The molecule has 0 fully saturated rings. The smallest absolute Gasteiger partial charge is 0.261 e. The van der Waals surface area contributed by atoms with E-state index in [1.165, 1.54) is 0 Å². The fourth-order valence-electron chi connectivity index (χ4n) is 3.91. The third-order valence-corrected chi connectivity index (χ3v) is 6.85. The minimum absolute atomic E-state index is 0.0146. The number of nitrogens with one attached hydrogen (secondary N) is 1. The SMILES string of the molecule is CCC(C)NC(=O)C(Cc1ccccc1)N(Cc1ccccc1Cl)C(=O)COc1cccc(C)c1C. The van der Waals surface area contributed by atoms with Crippen LogP contribution >= 0.6 is 11.6 Å². The molecule has 5 nitrogen and oxygen atoms in total. The third kappa shape index (κ3) is 7.34. The summed E-state index contributed by atoms with van der Waals surface area (Å²) in [5.41, 5.74) is 3.81. The van der Waals surface area contributed by atoms with Crippen molar-refractivity contribution < 1.29 is 14.3 Å². The second kappa shape index (κ2) is 13.1. The van der Waals surface area contributed by atoms with Gasteiger partial charge in [0.05, 0.1) is 0 Å². The topological polar surface area (TPSA) is 58.6 Å². The summed E-state index contributed by atoms with van der Waals surface area (Å²) in [5, 5.41) is 3.62. The van der Waals surface area contributed by atoms with Crippen LogP contribution < -0.4 is 10.1 Å². The lowest BCUT2D eigenvalue weighted by Crippen LogP contribution is -2.53. The summed E-state index contributed by atoms with van der Waals surface area (Å²) in [5.74, 6) is 0.182. The number of aryl methyl sites for hydroxylation is 1. The van der Waals surface area contributed by atoms with Gasteiger partial charge in [0.25, 0.3) is 5.91 Å². The van der Waals surface area contributed by atoms with Crippen LogP contribution in [0.25, 0.3) is 0 Å². The maximum Gasteiger partial charge on any atom is 0.261 e. The zero-order valence-corrected chi connectivity index (χ0v) is 22.2. The van der Waals surface area contributed by atoms with Crippen LogP contribution in [0.3, 0.4) is 0 Å². The number of carbonyl (C=O) groups is 2. The molecule has 0 aliphatic carbocycles. The highest BCUT2D eigenvalue weighted by Crippen LogP contribution is 2.23. The first kappa shape index (κ1) is 27.3. The molecule has 36 heavy (non-hydrogen) atoms. The Morgan fingerprint density at radius 1 is 0.972 bits per heavy atom. The zero-order chi connectivity index (χ0) is 26.1. The Morgan fingerprint density at radius 2 is 1.67 bits per heavy atom. The van der Waals surface area contributed by atoms with Crippen molar-refractivity contribution in [2.75, 3.05) is 6.61 Å². The Morgan fingerprint density at radius 3 is 2.36 bits per heavy atom. The van der Waals surface area contributed by atoms with Gasteiger partial charge >= 0.3 is 0 Å². The number of ether oxygens (including phenoxy) is 1. The maximum atomic E-state index is 13.7. The van der Waals surface area contributed by atoms with E-state index in [4.69, 9.17) is 16.3 Å². The number of halogens is 1. The molecule has 3 aromatic carbocycles. The summed E-state index contributed by atoms with van der Waals surface area (Å²) in [4.78, 5) is 28.8. The van der Waals surface area contributed by atoms with Gasteiger partial charge in [-0.3, -0.25) is 9.59 Å². The van der Waals surface area contributed by atoms with E-state index in [0.717, 1.165) is 28.7 Å². The summed E-state index contributed by atoms with van der Waals surface area (Å²) in [6.45, 7) is 7.96. The van der Waals surface area contributed by atoms with Crippen molar-refractivity contribution >= 4 is 23.4 Å². The average molecular weight is 507 g/mol. The van der Waals surface area contributed by atoms with E-state index in [0.29, 0.717) is 17.2 Å². The highest BCUT2D eigenvalue weighted by molar-refractivity contribution is 6.31. The first-order valence-corrected chi connectivity index (χ1v) is 12.7. The van der Waals surface area contributed by atoms with E-state index in [1.807, 2.05) is 94.4 Å². The molecule has 2 amide bonds. The third-order valence-electron chi connectivity index (χ3n) is 6.48. The van der Waals surface area contributed by atoms with Gasteiger partial charge in [0, 0.05) is 24.0 Å². The fraction of sp³-hybridized carbons (Fsp3) is 0.333. The highest BCUT2D eigenvalue weighted by Gasteiger charge is 2.31. The van der Waals surface area contributed by atoms with Crippen LogP contribution in [0.2, 0.25) is 5.02 Å². The van der Waals surface area contributed by atoms with Gasteiger partial charge in [-0.05, 0) is 61.6 Å². The highest BCUT2D eigenvalue weighted by atomic mass is 35.5. The number of hydrogen-bond donors (Lipinski definition) is 1. The van der Waals surface area contributed by atoms with E-state index >= 15 is 0 Å². The summed E-state index contributed by atoms with van der Waals surface area (Å²) in [7, 11) is 0. The molecule has 0 radical (unpaired) electrons. The van der Waals surface area contributed by atoms with E-state index in [2.05, 4.69) is 5.32 Å². The lowest BCUT2D eigenvalue weighted by Gasteiger charge is -2.32. The predicted octanol–water partition coefficient (Wildman–Crippen LogP) is 5.89. The lowest BCUT2D eigenvalue weighted by atomic mass is 10.0. The van der Waals surface area contributed by atoms with Crippen molar-refractivity contribution in [3.63, 3.8) is 0 Å². The molecule has 0 saturated carbocycles. The Kier molecular flexibility index (Phi) is 9.95. The van der Waals surface area contributed by atoms with Crippen molar-refractivity contribution in [3.8, 4) is 5.75 Å². The Hall–Kier alpha value is -3.31. The molecule has 0 spiro atoms. The number of benzene rings is 3. The van der Waals surface area contributed by atoms with Gasteiger partial charge in [-0.15, -0.1) is 0 Å². The molecule has 0 aliphatic rings. The Bertz CT molecular complexity index is 1170. The molecule has 0 heterocycles. The van der Waals surface area contributed by atoms with Crippen molar-refractivity contribution in [2.45, 2.75) is 59.2 Å².